The van der Waals surface area contributed by atoms with Gasteiger partial charge in [-0.05, 0) is 49.4 Å². The lowest BCUT2D eigenvalue weighted by Crippen LogP contribution is -2.39. The summed E-state index contributed by atoms with van der Waals surface area (Å²) in [5, 5.41) is 6.62. The van der Waals surface area contributed by atoms with Crippen LogP contribution >= 0.6 is 24.0 Å². The summed E-state index contributed by atoms with van der Waals surface area (Å²) in [4.78, 5) is 4.23. The Morgan fingerprint density at radius 3 is 2.62 bits per heavy atom. The number of aliphatic imine (C=N–C) groups is 1. The van der Waals surface area contributed by atoms with Crippen molar-refractivity contribution in [2.75, 3.05) is 33.4 Å². The Morgan fingerprint density at radius 2 is 2.00 bits per heavy atom. The molecule has 1 aromatic rings. The highest BCUT2D eigenvalue weighted by Crippen LogP contribution is 2.11. The summed E-state index contributed by atoms with van der Waals surface area (Å²) in [6.45, 7) is 5.13. The molecule has 24 heavy (non-hydrogen) atoms. The Hall–Kier alpha value is -1.15. The fourth-order valence-corrected chi connectivity index (χ4v) is 2.61. The van der Waals surface area contributed by atoms with E-state index in [0.717, 1.165) is 62.7 Å². The molecule has 0 unspecified atom stereocenters. The molecule has 0 saturated heterocycles. The minimum atomic E-state index is -0.181. The molecule has 1 aliphatic rings. The van der Waals surface area contributed by atoms with Gasteiger partial charge in [0.25, 0.3) is 0 Å². The number of hydrogen-bond donors (Lipinski definition) is 2. The highest BCUT2D eigenvalue weighted by Gasteiger charge is 2.05. The van der Waals surface area contributed by atoms with Crippen LogP contribution in [0.15, 0.2) is 34.8 Å². The first-order valence-corrected chi connectivity index (χ1v) is 8.14. The van der Waals surface area contributed by atoms with Gasteiger partial charge in [0, 0.05) is 20.1 Å². The second-order valence-corrected chi connectivity index (χ2v) is 5.68. The second kappa shape index (κ2) is 11.4. The van der Waals surface area contributed by atoms with E-state index in [-0.39, 0.29) is 29.8 Å². The number of ether oxygens (including phenoxy) is 1. The number of nitrogens with zero attached hydrogens (tertiary/aromatic N) is 1. The molecule has 0 spiro atoms. The smallest absolute Gasteiger partial charge is 0.190 e. The molecule has 0 bridgehead atoms. The van der Waals surface area contributed by atoms with E-state index in [0.29, 0.717) is 0 Å². The predicted molar refractivity (Wildman–Crippen MR) is 108 cm³/mol. The lowest BCUT2D eigenvalue weighted by Gasteiger charge is -2.15. The third kappa shape index (κ3) is 7.17. The molecular formula is C18H27FIN3O. The van der Waals surface area contributed by atoms with Crippen molar-refractivity contribution < 1.29 is 9.13 Å². The van der Waals surface area contributed by atoms with Crippen molar-refractivity contribution >= 4 is 29.9 Å². The van der Waals surface area contributed by atoms with Crippen molar-refractivity contribution in [2.45, 2.75) is 26.2 Å². The lowest BCUT2D eigenvalue weighted by atomic mass is 10.1. The predicted octanol–water partition coefficient (Wildman–Crippen LogP) is 3.20. The van der Waals surface area contributed by atoms with Crippen LogP contribution in [0.2, 0.25) is 0 Å². The van der Waals surface area contributed by atoms with Crippen LogP contribution in [0, 0.1) is 12.7 Å². The summed E-state index contributed by atoms with van der Waals surface area (Å²) in [7, 11) is 1.77. The van der Waals surface area contributed by atoms with Crippen LogP contribution in [0.5, 0.6) is 0 Å². The monoisotopic (exact) mass is 447 g/mol. The zero-order chi connectivity index (χ0) is 16.5. The van der Waals surface area contributed by atoms with Gasteiger partial charge in [0.15, 0.2) is 5.96 Å². The molecule has 1 aliphatic heterocycles. The molecule has 1 heterocycles. The van der Waals surface area contributed by atoms with Gasteiger partial charge in [0.05, 0.1) is 13.2 Å². The van der Waals surface area contributed by atoms with Gasteiger partial charge in [0.2, 0.25) is 0 Å². The fraction of sp³-hybridized carbons (Fsp3) is 0.500. The van der Waals surface area contributed by atoms with Crippen molar-refractivity contribution in [3.8, 4) is 0 Å². The third-order valence-electron chi connectivity index (χ3n) is 4.01. The van der Waals surface area contributed by atoms with Crippen LogP contribution in [0.25, 0.3) is 0 Å². The van der Waals surface area contributed by atoms with Gasteiger partial charge in [-0.1, -0.05) is 17.7 Å². The molecule has 4 nitrogen and oxygen atoms in total. The number of benzene rings is 1. The average Bonchev–Trinajstić information content (AvgIpc) is 2.56. The molecule has 0 saturated carbocycles. The van der Waals surface area contributed by atoms with Crippen LogP contribution in [-0.4, -0.2) is 39.3 Å². The maximum atomic E-state index is 13.1. The molecule has 0 aliphatic carbocycles. The van der Waals surface area contributed by atoms with E-state index in [4.69, 9.17) is 4.74 Å². The fourth-order valence-electron chi connectivity index (χ4n) is 2.61. The molecule has 1 aromatic carbocycles. The SMILES string of the molecule is CN=C(NCCC1=CCOCC1)NCCc1ccc(F)cc1C.I. The largest absolute Gasteiger partial charge is 0.377 e. The molecule has 0 fully saturated rings. The number of rotatable bonds is 6. The van der Waals surface area contributed by atoms with Gasteiger partial charge in [-0.2, -0.15) is 0 Å². The molecule has 0 aromatic heterocycles. The van der Waals surface area contributed by atoms with Crippen molar-refractivity contribution in [3.63, 3.8) is 0 Å². The summed E-state index contributed by atoms with van der Waals surface area (Å²) >= 11 is 0. The van der Waals surface area contributed by atoms with Gasteiger partial charge >= 0.3 is 0 Å². The van der Waals surface area contributed by atoms with Crippen LogP contribution in [-0.2, 0) is 11.2 Å². The summed E-state index contributed by atoms with van der Waals surface area (Å²) < 4.78 is 18.4. The normalized spacial score (nSPS) is 14.6. The zero-order valence-corrected chi connectivity index (χ0v) is 16.7. The van der Waals surface area contributed by atoms with Crippen molar-refractivity contribution in [1.82, 2.24) is 10.6 Å². The van der Waals surface area contributed by atoms with Crippen LogP contribution < -0.4 is 10.6 Å². The maximum absolute atomic E-state index is 13.1. The van der Waals surface area contributed by atoms with Gasteiger partial charge in [-0.15, -0.1) is 24.0 Å². The first kappa shape index (κ1) is 20.9. The van der Waals surface area contributed by atoms with Crippen molar-refractivity contribution in [2.24, 2.45) is 4.99 Å². The van der Waals surface area contributed by atoms with E-state index in [2.05, 4.69) is 21.7 Å². The molecule has 0 amide bonds. The second-order valence-electron chi connectivity index (χ2n) is 5.68. The minimum Gasteiger partial charge on any atom is -0.377 e. The van der Waals surface area contributed by atoms with Crippen molar-refractivity contribution in [3.05, 3.63) is 46.8 Å². The summed E-state index contributed by atoms with van der Waals surface area (Å²) in [6, 6.07) is 4.93. The average molecular weight is 447 g/mol. The standard InChI is InChI=1S/C18H26FN3O.HI/c1-14-13-17(19)4-3-16(14)6-10-22-18(20-2)21-9-5-15-7-11-23-12-8-15;/h3-4,7,13H,5-6,8-12H2,1-2H3,(H2,20,21,22);1H. The Bertz CT molecular complexity index is 575. The highest BCUT2D eigenvalue weighted by atomic mass is 127. The summed E-state index contributed by atoms with van der Waals surface area (Å²) in [5.41, 5.74) is 3.59. The summed E-state index contributed by atoms with van der Waals surface area (Å²) in [5.74, 6) is 0.622. The van der Waals surface area contributed by atoms with E-state index in [1.165, 1.54) is 11.6 Å². The summed E-state index contributed by atoms with van der Waals surface area (Å²) in [6.07, 6.45) is 5.05. The van der Waals surface area contributed by atoms with Crippen LogP contribution in [0.3, 0.4) is 0 Å². The number of aryl methyl sites for hydroxylation is 1. The molecule has 0 atom stereocenters. The Kier molecular flexibility index (Phi) is 9.94. The van der Waals surface area contributed by atoms with Crippen LogP contribution in [0.1, 0.15) is 24.0 Å². The first-order chi connectivity index (χ1) is 11.2. The molecule has 134 valence electrons. The number of halogens is 2. The topological polar surface area (TPSA) is 45.7 Å². The minimum absolute atomic E-state index is 0. The number of hydrogen-bond acceptors (Lipinski definition) is 2. The van der Waals surface area contributed by atoms with Gasteiger partial charge < -0.3 is 15.4 Å². The third-order valence-corrected chi connectivity index (χ3v) is 4.01. The van der Waals surface area contributed by atoms with Gasteiger partial charge in [0.1, 0.15) is 5.82 Å². The number of nitrogens with one attached hydrogen (secondary N) is 2. The molecule has 2 N–H and O–H groups in total. The van der Waals surface area contributed by atoms with Crippen LogP contribution in [0.4, 0.5) is 4.39 Å². The molecule has 0 radical (unpaired) electrons. The van der Waals surface area contributed by atoms with Gasteiger partial charge in [-0.3, -0.25) is 4.99 Å². The maximum Gasteiger partial charge on any atom is 0.190 e. The zero-order valence-electron chi connectivity index (χ0n) is 14.4. The first-order valence-electron chi connectivity index (χ1n) is 8.14. The van der Waals surface area contributed by atoms with Crippen molar-refractivity contribution in [1.29, 1.82) is 0 Å². The lowest BCUT2D eigenvalue weighted by molar-refractivity contribution is 0.153. The van der Waals surface area contributed by atoms with Gasteiger partial charge in [-0.25, -0.2) is 4.39 Å². The molecule has 6 heteroatoms. The Labute approximate surface area is 161 Å². The molecular weight excluding hydrogens is 420 g/mol. The highest BCUT2D eigenvalue weighted by molar-refractivity contribution is 14.0. The Morgan fingerprint density at radius 1 is 1.25 bits per heavy atom. The van der Waals surface area contributed by atoms with E-state index < -0.39 is 0 Å². The van der Waals surface area contributed by atoms with E-state index >= 15 is 0 Å². The quantitative estimate of drug-likeness (QED) is 0.305. The number of guanidine groups is 1. The van der Waals surface area contributed by atoms with E-state index in [1.54, 1.807) is 13.1 Å². The molecule has 2 rings (SSSR count). The van der Waals surface area contributed by atoms with E-state index in [1.807, 2.05) is 13.0 Å². The Balaban J connectivity index is 0.00000288. The van der Waals surface area contributed by atoms with E-state index in [9.17, 15) is 4.39 Å².